The van der Waals surface area contributed by atoms with E-state index in [1.807, 2.05) is 6.07 Å². The van der Waals surface area contributed by atoms with E-state index in [-0.39, 0.29) is 23.1 Å². The van der Waals surface area contributed by atoms with Gasteiger partial charge in [-0.2, -0.15) is 0 Å². The second-order valence-corrected chi connectivity index (χ2v) is 7.46. The number of allylic oxidation sites excluding steroid dienone is 1. The molecule has 0 amide bonds. The fraction of sp³-hybridized carbons (Fsp3) is 0.450. The van der Waals surface area contributed by atoms with Crippen molar-refractivity contribution in [2.45, 2.75) is 31.2 Å². The largest absolute Gasteiger partial charge is 0.506 e. The van der Waals surface area contributed by atoms with E-state index in [1.54, 1.807) is 6.07 Å². The minimum Gasteiger partial charge on any atom is -0.506 e. The van der Waals surface area contributed by atoms with Crippen LogP contribution < -0.4 is 5.32 Å². The lowest BCUT2D eigenvalue weighted by atomic mass is 9.62. The Morgan fingerprint density at radius 3 is 3.08 bits per heavy atom. The highest BCUT2D eigenvalue weighted by molar-refractivity contribution is 5.94. The Morgan fingerprint density at radius 1 is 1.48 bits per heavy atom. The third-order valence-electron chi connectivity index (χ3n) is 6.71. The number of fused-ring (bicyclic) bond motifs is 2. The molecule has 5 nitrogen and oxygen atoms in total. The molecule has 1 aromatic rings. The first-order chi connectivity index (χ1) is 12.1. The van der Waals surface area contributed by atoms with Gasteiger partial charge in [-0.3, -0.25) is 4.90 Å². The summed E-state index contributed by atoms with van der Waals surface area (Å²) < 4.78 is 5.17. The maximum atomic E-state index is 12.8. The highest BCUT2D eigenvalue weighted by Gasteiger charge is 2.62. The lowest BCUT2D eigenvalue weighted by Crippen LogP contribution is -2.53. The van der Waals surface area contributed by atoms with E-state index in [0.717, 1.165) is 48.5 Å². The Morgan fingerprint density at radius 2 is 2.32 bits per heavy atom. The maximum absolute atomic E-state index is 12.8. The number of phenols is 1. The summed E-state index contributed by atoms with van der Waals surface area (Å²) in [4.78, 5) is 15.3. The number of phenolic OH excluding ortho intramolecular Hbond substituents is 1. The van der Waals surface area contributed by atoms with Gasteiger partial charge in [-0.15, -0.1) is 0 Å². The van der Waals surface area contributed by atoms with Crippen LogP contribution in [0.25, 0.3) is 0 Å². The number of piperidine rings is 1. The molecule has 2 bridgehead atoms. The normalized spacial score (nSPS) is 33.9. The average Bonchev–Trinajstić information content (AvgIpc) is 3.18. The number of esters is 1. The van der Waals surface area contributed by atoms with Gasteiger partial charge in [0, 0.05) is 30.7 Å². The van der Waals surface area contributed by atoms with Crippen LogP contribution in [-0.2, 0) is 14.9 Å². The summed E-state index contributed by atoms with van der Waals surface area (Å²) in [5.41, 5.74) is 4.66. The third-order valence-corrected chi connectivity index (χ3v) is 6.71. The first kappa shape index (κ1) is 15.0. The molecule has 3 aliphatic heterocycles. The minimum absolute atomic E-state index is 0.101. The topological polar surface area (TPSA) is 61.8 Å². The SMILES string of the molecule is C/C=C1\CN2CC[C@]34C(=C(C(=O)OC)[C@H]1C[C@@H]23)Nc1c(O)cccc14. The second-order valence-electron chi connectivity index (χ2n) is 7.46. The smallest absolute Gasteiger partial charge is 0.336 e. The zero-order valence-corrected chi connectivity index (χ0v) is 14.5. The zero-order chi connectivity index (χ0) is 17.3. The molecule has 3 heterocycles. The minimum atomic E-state index is -0.252. The van der Waals surface area contributed by atoms with Gasteiger partial charge in [-0.05, 0) is 31.4 Å². The van der Waals surface area contributed by atoms with Crippen molar-refractivity contribution in [2.24, 2.45) is 5.92 Å². The van der Waals surface area contributed by atoms with Crippen molar-refractivity contribution in [3.63, 3.8) is 0 Å². The summed E-state index contributed by atoms with van der Waals surface area (Å²) in [7, 11) is 1.45. The van der Waals surface area contributed by atoms with Crippen molar-refractivity contribution >= 4 is 11.7 Å². The fourth-order valence-electron chi connectivity index (χ4n) is 5.67. The lowest BCUT2D eigenvalue weighted by molar-refractivity contribution is -0.137. The van der Waals surface area contributed by atoms with E-state index in [0.29, 0.717) is 6.04 Å². The first-order valence-electron chi connectivity index (χ1n) is 8.93. The summed E-state index contributed by atoms with van der Waals surface area (Å²) in [6.45, 7) is 3.97. The number of carbonyl (C=O) groups is 1. The Kier molecular flexibility index (Phi) is 2.93. The van der Waals surface area contributed by atoms with Crippen LogP contribution in [0, 0.1) is 5.92 Å². The van der Waals surface area contributed by atoms with Gasteiger partial charge in [0.25, 0.3) is 0 Å². The number of hydrogen-bond acceptors (Lipinski definition) is 5. The van der Waals surface area contributed by atoms with Crippen LogP contribution in [0.15, 0.2) is 41.1 Å². The van der Waals surface area contributed by atoms with E-state index >= 15 is 0 Å². The third kappa shape index (κ3) is 1.64. The van der Waals surface area contributed by atoms with Crippen LogP contribution in [0.1, 0.15) is 25.3 Å². The molecular formula is C20H22N2O3. The van der Waals surface area contributed by atoms with Crippen LogP contribution in [0.5, 0.6) is 5.75 Å². The van der Waals surface area contributed by atoms with Gasteiger partial charge < -0.3 is 15.2 Å². The number of methoxy groups -OCH3 is 1. The molecule has 1 spiro atoms. The standard InChI is InChI=1S/C20H22N2O3/c1-3-11-10-22-8-7-20-13-5-4-6-14(23)17(13)21-18(20)16(19(24)25-2)12(11)9-15(20)22/h3-6,12,15,21,23H,7-10H2,1-2H3/b11-3+/t12-,15+,20+/m0/s1. The maximum Gasteiger partial charge on any atom is 0.336 e. The Labute approximate surface area is 147 Å². The molecule has 25 heavy (non-hydrogen) atoms. The predicted octanol–water partition coefficient (Wildman–Crippen LogP) is 2.54. The van der Waals surface area contributed by atoms with Crippen LogP contribution >= 0.6 is 0 Å². The number of nitrogens with one attached hydrogen (secondary N) is 1. The summed E-state index contributed by atoms with van der Waals surface area (Å²) in [6, 6.07) is 6.06. The molecule has 4 aliphatic rings. The number of para-hydroxylation sites is 1. The van der Waals surface area contributed by atoms with Crippen molar-refractivity contribution in [1.29, 1.82) is 0 Å². The fourth-order valence-corrected chi connectivity index (χ4v) is 5.67. The van der Waals surface area contributed by atoms with E-state index in [1.165, 1.54) is 12.7 Å². The molecule has 2 N–H and O–H groups in total. The molecule has 0 saturated carbocycles. The predicted molar refractivity (Wildman–Crippen MR) is 94.3 cm³/mol. The van der Waals surface area contributed by atoms with E-state index in [4.69, 9.17) is 4.74 Å². The summed E-state index contributed by atoms with van der Waals surface area (Å²) in [5, 5.41) is 13.8. The number of ether oxygens (including phenoxy) is 1. The highest BCUT2D eigenvalue weighted by Crippen LogP contribution is 2.62. The van der Waals surface area contributed by atoms with Gasteiger partial charge in [0.15, 0.2) is 0 Å². The van der Waals surface area contributed by atoms with E-state index in [2.05, 4.69) is 29.3 Å². The molecule has 2 saturated heterocycles. The van der Waals surface area contributed by atoms with Gasteiger partial charge in [-0.25, -0.2) is 4.79 Å². The van der Waals surface area contributed by atoms with Crippen molar-refractivity contribution < 1.29 is 14.6 Å². The van der Waals surface area contributed by atoms with Crippen molar-refractivity contribution in [2.75, 3.05) is 25.5 Å². The number of hydrogen-bond donors (Lipinski definition) is 2. The van der Waals surface area contributed by atoms with Gasteiger partial charge in [0.05, 0.1) is 23.8 Å². The number of benzene rings is 1. The zero-order valence-electron chi connectivity index (χ0n) is 14.5. The monoisotopic (exact) mass is 338 g/mol. The number of anilines is 1. The van der Waals surface area contributed by atoms with Gasteiger partial charge in [0.2, 0.25) is 0 Å². The summed E-state index contributed by atoms with van der Waals surface area (Å²) in [5.74, 6) is 0.0958. The molecule has 0 unspecified atom stereocenters. The van der Waals surface area contributed by atoms with E-state index in [9.17, 15) is 9.90 Å². The van der Waals surface area contributed by atoms with Crippen LogP contribution in [-0.4, -0.2) is 42.2 Å². The van der Waals surface area contributed by atoms with Crippen LogP contribution in [0.2, 0.25) is 0 Å². The number of rotatable bonds is 1. The molecule has 1 aliphatic carbocycles. The molecule has 5 heteroatoms. The molecule has 1 aromatic carbocycles. The Bertz CT molecular complexity index is 856. The van der Waals surface area contributed by atoms with Gasteiger partial charge >= 0.3 is 5.97 Å². The molecular weight excluding hydrogens is 316 g/mol. The van der Waals surface area contributed by atoms with Crippen LogP contribution in [0.3, 0.4) is 0 Å². The molecule has 0 radical (unpaired) electrons. The first-order valence-corrected chi connectivity index (χ1v) is 8.93. The summed E-state index contributed by atoms with van der Waals surface area (Å²) in [6.07, 6.45) is 4.04. The van der Waals surface area contributed by atoms with Gasteiger partial charge in [0.1, 0.15) is 5.75 Å². The lowest BCUT2D eigenvalue weighted by Gasteiger charge is -2.48. The van der Waals surface area contributed by atoms with Gasteiger partial charge in [-0.1, -0.05) is 23.8 Å². The molecule has 5 rings (SSSR count). The van der Waals surface area contributed by atoms with Crippen molar-refractivity contribution in [3.8, 4) is 5.75 Å². The number of nitrogens with zero attached hydrogens (tertiary/aromatic N) is 1. The van der Waals surface area contributed by atoms with Crippen molar-refractivity contribution in [1.82, 2.24) is 4.90 Å². The quantitative estimate of drug-likeness (QED) is 0.468. The number of carbonyl (C=O) groups excluding carboxylic acids is 1. The summed E-state index contributed by atoms with van der Waals surface area (Å²) >= 11 is 0. The van der Waals surface area contributed by atoms with E-state index < -0.39 is 0 Å². The molecule has 2 fully saturated rings. The Hall–Kier alpha value is -2.27. The molecule has 0 aromatic heterocycles. The molecule has 130 valence electrons. The van der Waals surface area contributed by atoms with Crippen molar-refractivity contribution in [3.05, 3.63) is 46.7 Å². The molecule has 3 atom stereocenters. The average molecular weight is 338 g/mol. The van der Waals surface area contributed by atoms with Crippen LogP contribution in [0.4, 0.5) is 5.69 Å². The second kappa shape index (κ2) is 4.88. The Balaban J connectivity index is 1.83. The number of aromatic hydroxyl groups is 1. The highest BCUT2D eigenvalue weighted by atomic mass is 16.5.